The zero-order valence-electron chi connectivity index (χ0n) is 15.9. The van der Waals surface area contributed by atoms with Crippen molar-refractivity contribution in [1.29, 1.82) is 0 Å². The normalized spacial score (nSPS) is 17.1. The molecular weight excluding hydrogens is 342 g/mol. The molecule has 3 rings (SSSR count). The fourth-order valence-corrected chi connectivity index (χ4v) is 2.85. The number of benzene rings is 1. The Morgan fingerprint density at radius 1 is 1.19 bits per heavy atom. The molecule has 27 heavy (non-hydrogen) atoms. The van der Waals surface area contributed by atoms with Crippen LogP contribution in [0.2, 0.25) is 0 Å². The molecule has 6 nitrogen and oxygen atoms in total. The van der Waals surface area contributed by atoms with Gasteiger partial charge in [0.05, 0.1) is 19.4 Å². The minimum Gasteiger partial charge on any atom is -0.492 e. The molecule has 146 valence electrons. The van der Waals surface area contributed by atoms with Crippen molar-refractivity contribution in [3.05, 3.63) is 54.0 Å². The maximum Gasteiger partial charge on any atom is 0.191 e. The number of ether oxygens (including phenoxy) is 2. The summed E-state index contributed by atoms with van der Waals surface area (Å²) in [6.07, 6.45) is 3.60. The van der Waals surface area contributed by atoms with Crippen LogP contribution in [0.15, 0.2) is 52.1 Å². The number of nitrogens with one attached hydrogen (secondary N) is 2. The average Bonchev–Trinajstić information content (AvgIpc) is 3.38. The number of aryl methyl sites for hydroxylation is 1. The highest BCUT2D eigenvalue weighted by molar-refractivity contribution is 5.79. The summed E-state index contributed by atoms with van der Waals surface area (Å²) in [5, 5.41) is 6.72. The van der Waals surface area contributed by atoms with Crippen molar-refractivity contribution >= 4 is 5.96 Å². The van der Waals surface area contributed by atoms with Crippen LogP contribution in [0.1, 0.15) is 17.7 Å². The van der Waals surface area contributed by atoms with Crippen molar-refractivity contribution in [3.63, 3.8) is 0 Å². The van der Waals surface area contributed by atoms with Crippen LogP contribution in [-0.4, -0.2) is 45.4 Å². The second-order valence-corrected chi connectivity index (χ2v) is 6.76. The summed E-state index contributed by atoms with van der Waals surface area (Å²) in [5.41, 5.74) is 1.23. The van der Waals surface area contributed by atoms with Crippen molar-refractivity contribution in [2.24, 2.45) is 10.9 Å². The molecule has 0 spiro atoms. The van der Waals surface area contributed by atoms with E-state index in [1.807, 2.05) is 24.3 Å². The largest absolute Gasteiger partial charge is 0.492 e. The smallest absolute Gasteiger partial charge is 0.191 e. The van der Waals surface area contributed by atoms with Crippen LogP contribution in [0.25, 0.3) is 0 Å². The summed E-state index contributed by atoms with van der Waals surface area (Å²) in [6, 6.07) is 12.0. The molecule has 1 aliphatic heterocycles. The van der Waals surface area contributed by atoms with Gasteiger partial charge < -0.3 is 24.5 Å². The summed E-state index contributed by atoms with van der Waals surface area (Å²) in [5.74, 6) is 3.17. The van der Waals surface area contributed by atoms with E-state index < -0.39 is 0 Å². The topological polar surface area (TPSA) is 68.0 Å². The van der Waals surface area contributed by atoms with Gasteiger partial charge >= 0.3 is 0 Å². The van der Waals surface area contributed by atoms with Gasteiger partial charge in [-0.3, -0.25) is 4.99 Å². The van der Waals surface area contributed by atoms with E-state index >= 15 is 0 Å². The van der Waals surface area contributed by atoms with E-state index in [-0.39, 0.29) is 0 Å². The first-order chi connectivity index (χ1) is 13.3. The zero-order chi connectivity index (χ0) is 18.7. The van der Waals surface area contributed by atoms with E-state index in [1.165, 1.54) is 5.56 Å². The second-order valence-electron chi connectivity index (χ2n) is 6.76. The third-order valence-electron chi connectivity index (χ3n) is 4.46. The lowest BCUT2D eigenvalue weighted by molar-refractivity contribution is 0.187. The molecular formula is C21H29N3O3. The summed E-state index contributed by atoms with van der Waals surface area (Å²) in [6.45, 7) is 6.52. The first-order valence-electron chi connectivity index (χ1n) is 9.61. The van der Waals surface area contributed by atoms with Crippen molar-refractivity contribution in [1.82, 2.24) is 10.6 Å². The first kappa shape index (κ1) is 19.3. The third kappa shape index (κ3) is 6.98. The van der Waals surface area contributed by atoms with Gasteiger partial charge in [-0.25, -0.2) is 0 Å². The highest BCUT2D eigenvalue weighted by atomic mass is 16.5. The lowest BCUT2D eigenvalue weighted by atomic mass is 10.1. The molecule has 1 atom stereocenters. The molecule has 2 N–H and O–H groups in total. The number of nitrogens with zero attached hydrogens (tertiary/aromatic N) is 1. The van der Waals surface area contributed by atoms with Gasteiger partial charge in [0.2, 0.25) is 0 Å². The monoisotopic (exact) mass is 371 g/mol. The molecule has 1 saturated heterocycles. The number of furan rings is 1. The van der Waals surface area contributed by atoms with E-state index in [0.717, 1.165) is 56.6 Å². The van der Waals surface area contributed by atoms with E-state index in [2.05, 4.69) is 29.7 Å². The SMILES string of the molecule is Cc1ccc(OCCNC(=NCC2CCOC2)NCCc2ccco2)cc1. The molecule has 0 aliphatic carbocycles. The quantitative estimate of drug-likeness (QED) is 0.403. The van der Waals surface area contributed by atoms with Crippen LogP contribution >= 0.6 is 0 Å². The molecule has 1 aromatic carbocycles. The molecule has 1 aliphatic rings. The van der Waals surface area contributed by atoms with Gasteiger partial charge in [0.15, 0.2) is 5.96 Å². The van der Waals surface area contributed by atoms with E-state index in [0.29, 0.717) is 19.1 Å². The Kier molecular flexibility index (Phi) is 7.59. The highest BCUT2D eigenvalue weighted by Gasteiger charge is 2.15. The zero-order valence-corrected chi connectivity index (χ0v) is 15.9. The Balaban J connectivity index is 1.42. The standard InChI is InChI=1S/C21H29N3O3/c1-17-4-6-20(7-5-17)27-14-11-23-21(24-15-18-9-13-25-16-18)22-10-8-19-3-2-12-26-19/h2-7,12,18H,8-11,13-16H2,1H3,(H2,22,23,24). The van der Waals surface area contributed by atoms with Crippen LogP contribution in [0.4, 0.5) is 0 Å². The maximum absolute atomic E-state index is 5.77. The van der Waals surface area contributed by atoms with Crippen molar-refractivity contribution in [3.8, 4) is 5.75 Å². The summed E-state index contributed by atoms with van der Waals surface area (Å²) < 4.78 is 16.6. The van der Waals surface area contributed by atoms with Gasteiger partial charge in [0, 0.05) is 32.0 Å². The number of hydrogen-bond donors (Lipinski definition) is 2. The van der Waals surface area contributed by atoms with Gasteiger partial charge in [0.25, 0.3) is 0 Å². The maximum atomic E-state index is 5.77. The van der Waals surface area contributed by atoms with E-state index in [4.69, 9.17) is 18.9 Å². The Morgan fingerprint density at radius 3 is 2.78 bits per heavy atom. The van der Waals surface area contributed by atoms with Gasteiger partial charge in [-0.15, -0.1) is 0 Å². The lowest BCUT2D eigenvalue weighted by Gasteiger charge is -2.14. The molecule has 6 heteroatoms. The van der Waals surface area contributed by atoms with Gasteiger partial charge in [0.1, 0.15) is 18.1 Å². The summed E-state index contributed by atoms with van der Waals surface area (Å²) in [7, 11) is 0. The van der Waals surface area contributed by atoms with Crippen LogP contribution in [-0.2, 0) is 11.2 Å². The number of rotatable bonds is 9. The van der Waals surface area contributed by atoms with Crippen molar-refractivity contribution in [2.45, 2.75) is 19.8 Å². The summed E-state index contributed by atoms with van der Waals surface area (Å²) >= 11 is 0. The van der Waals surface area contributed by atoms with E-state index in [1.54, 1.807) is 6.26 Å². The Hall–Kier alpha value is -2.47. The molecule has 0 saturated carbocycles. The second kappa shape index (κ2) is 10.6. The fourth-order valence-electron chi connectivity index (χ4n) is 2.85. The van der Waals surface area contributed by atoms with Gasteiger partial charge in [-0.05, 0) is 37.6 Å². The minimum absolute atomic E-state index is 0.512. The average molecular weight is 371 g/mol. The molecule has 1 fully saturated rings. The molecule has 1 aromatic heterocycles. The first-order valence-corrected chi connectivity index (χ1v) is 9.61. The van der Waals surface area contributed by atoms with Crippen molar-refractivity contribution < 1.29 is 13.9 Å². The Morgan fingerprint density at radius 2 is 2.04 bits per heavy atom. The van der Waals surface area contributed by atoms with Crippen LogP contribution in [0.3, 0.4) is 0 Å². The van der Waals surface area contributed by atoms with Gasteiger partial charge in [-0.1, -0.05) is 17.7 Å². The molecule has 0 radical (unpaired) electrons. The number of guanidine groups is 1. The van der Waals surface area contributed by atoms with Gasteiger partial charge in [-0.2, -0.15) is 0 Å². The predicted octanol–water partition coefficient (Wildman–Crippen LogP) is 2.78. The summed E-state index contributed by atoms with van der Waals surface area (Å²) in [4.78, 5) is 4.71. The Labute approximate surface area is 161 Å². The molecule has 2 heterocycles. The Bertz CT molecular complexity index is 677. The van der Waals surface area contributed by atoms with Crippen LogP contribution < -0.4 is 15.4 Å². The third-order valence-corrected chi connectivity index (χ3v) is 4.46. The van der Waals surface area contributed by atoms with Crippen LogP contribution in [0, 0.1) is 12.8 Å². The molecule has 2 aromatic rings. The van der Waals surface area contributed by atoms with Crippen molar-refractivity contribution in [2.75, 3.05) is 39.5 Å². The molecule has 1 unspecified atom stereocenters. The molecule has 0 bridgehead atoms. The minimum atomic E-state index is 0.512. The molecule has 0 amide bonds. The van der Waals surface area contributed by atoms with E-state index in [9.17, 15) is 0 Å². The number of hydrogen-bond acceptors (Lipinski definition) is 4. The number of aliphatic imine (C=N–C) groups is 1. The predicted molar refractivity (Wildman–Crippen MR) is 106 cm³/mol. The fraction of sp³-hybridized carbons (Fsp3) is 0.476. The lowest BCUT2D eigenvalue weighted by Crippen LogP contribution is -2.40. The highest BCUT2D eigenvalue weighted by Crippen LogP contribution is 2.12. The van der Waals surface area contributed by atoms with Crippen LogP contribution in [0.5, 0.6) is 5.75 Å².